The van der Waals surface area contributed by atoms with Gasteiger partial charge in [-0.25, -0.2) is 0 Å². The molecule has 0 aromatic rings. The summed E-state index contributed by atoms with van der Waals surface area (Å²) in [5, 5.41) is 5.28. The lowest BCUT2D eigenvalue weighted by Crippen LogP contribution is -2.46. The highest BCUT2D eigenvalue weighted by atomic mass is 16.5. The second-order valence-corrected chi connectivity index (χ2v) is 4.62. The molecule has 2 unspecified atom stereocenters. The van der Waals surface area contributed by atoms with Crippen LogP contribution in [0.5, 0.6) is 0 Å². The van der Waals surface area contributed by atoms with Crippen molar-refractivity contribution in [2.75, 3.05) is 26.8 Å². The van der Waals surface area contributed by atoms with Gasteiger partial charge in [0.15, 0.2) is 0 Å². The molecular formula is C12H23N3O3. The maximum atomic E-state index is 11.8. The first kappa shape index (κ1) is 14.9. The van der Waals surface area contributed by atoms with Gasteiger partial charge in [0.1, 0.15) is 0 Å². The van der Waals surface area contributed by atoms with Crippen molar-refractivity contribution in [3.05, 3.63) is 0 Å². The zero-order valence-electron chi connectivity index (χ0n) is 10.9. The van der Waals surface area contributed by atoms with Crippen LogP contribution in [-0.2, 0) is 14.3 Å². The Morgan fingerprint density at radius 3 is 2.67 bits per heavy atom. The Morgan fingerprint density at radius 2 is 2.00 bits per heavy atom. The molecule has 1 rings (SSSR count). The smallest absolute Gasteiger partial charge is 0.239 e. The van der Waals surface area contributed by atoms with Crippen molar-refractivity contribution in [1.82, 2.24) is 10.6 Å². The number of carbonyl (C=O) groups excluding carboxylic acids is 2. The van der Waals surface area contributed by atoms with Crippen LogP contribution in [0.2, 0.25) is 0 Å². The molecule has 104 valence electrons. The van der Waals surface area contributed by atoms with Crippen LogP contribution in [0, 0.1) is 5.92 Å². The van der Waals surface area contributed by atoms with Gasteiger partial charge in [-0.15, -0.1) is 0 Å². The number of nitrogens with one attached hydrogen (secondary N) is 2. The van der Waals surface area contributed by atoms with Gasteiger partial charge in [0, 0.05) is 19.7 Å². The molecule has 1 aliphatic rings. The van der Waals surface area contributed by atoms with Crippen molar-refractivity contribution in [1.29, 1.82) is 0 Å². The van der Waals surface area contributed by atoms with Gasteiger partial charge in [-0.3, -0.25) is 9.59 Å². The third-order valence-electron chi connectivity index (χ3n) is 3.21. The quantitative estimate of drug-likeness (QED) is 0.553. The number of hydrogen-bond donors (Lipinski definition) is 3. The minimum Gasteiger partial charge on any atom is -0.383 e. The molecule has 0 spiro atoms. The fourth-order valence-electron chi connectivity index (χ4n) is 2.14. The van der Waals surface area contributed by atoms with E-state index in [1.807, 2.05) is 0 Å². The molecule has 0 bridgehead atoms. The van der Waals surface area contributed by atoms with Crippen LogP contribution in [-0.4, -0.2) is 44.7 Å². The summed E-state index contributed by atoms with van der Waals surface area (Å²) in [7, 11) is 1.57. The number of nitrogens with two attached hydrogens (primary N) is 1. The van der Waals surface area contributed by atoms with Gasteiger partial charge in [0.25, 0.3) is 0 Å². The normalized spacial score (nSPS) is 23.4. The molecule has 0 aromatic carbocycles. The Bertz CT molecular complexity index is 284. The minimum absolute atomic E-state index is 0.00572. The van der Waals surface area contributed by atoms with E-state index in [0.29, 0.717) is 13.2 Å². The fraction of sp³-hybridized carbons (Fsp3) is 0.833. The molecule has 6 heteroatoms. The van der Waals surface area contributed by atoms with E-state index in [9.17, 15) is 9.59 Å². The summed E-state index contributed by atoms with van der Waals surface area (Å²) in [6.07, 6.45) is 3.82. The number of ether oxygens (including phenoxy) is 1. The monoisotopic (exact) mass is 257 g/mol. The minimum atomic E-state index is -0.204. The number of hydrogen-bond acceptors (Lipinski definition) is 4. The van der Waals surface area contributed by atoms with E-state index in [1.54, 1.807) is 7.11 Å². The first-order valence-corrected chi connectivity index (χ1v) is 6.44. The molecule has 1 fully saturated rings. The summed E-state index contributed by atoms with van der Waals surface area (Å²) in [5.41, 5.74) is 5.91. The van der Waals surface area contributed by atoms with Crippen molar-refractivity contribution < 1.29 is 14.3 Å². The molecule has 0 saturated heterocycles. The van der Waals surface area contributed by atoms with Gasteiger partial charge in [0.2, 0.25) is 11.8 Å². The lowest BCUT2D eigenvalue weighted by molar-refractivity contribution is -0.129. The Kier molecular flexibility index (Phi) is 6.67. The Hall–Kier alpha value is -1.14. The van der Waals surface area contributed by atoms with E-state index in [0.717, 1.165) is 25.7 Å². The van der Waals surface area contributed by atoms with Crippen LogP contribution < -0.4 is 16.4 Å². The van der Waals surface area contributed by atoms with Crippen LogP contribution in [0.15, 0.2) is 0 Å². The van der Waals surface area contributed by atoms with Gasteiger partial charge >= 0.3 is 0 Å². The molecule has 0 aromatic heterocycles. The molecule has 1 aliphatic carbocycles. The summed E-state index contributed by atoms with van der Waals surface area (Å²) < 4.78 is 4.81. The van der Waals surface area contributed by atoms with E-state index in [1.165, 1.54) is 0 Å². The van der Waals surface area contributed by atoms with E-state index in [-0.39, 0.29) is 30.3 Å². The Morgan fingerprint density at radius 1 is 1.28 bits per heavy atom. The number of carbonyl (C=O) groups is 2. The van der Waals surface area contributed by atoms with Crippen LogP contribution in [0.1, 0.15) is 25.7 Å². The van der Waals surface area contributed by atoms with E-state index in [2.05, 4.69) is 10.6 Å². The van der Waals surface area contributed by atoms with E-state index in [4.69, 9.17) is 10.5 Å². The van der Waals surface area contributed by atoms with Crippen LogP contribution in [0.4, 0.5) is 0 Å². The summed E-state index contributed by atoms with van der Waals surface area (Å²) in [5.74, 6) is -0.459. The van der Waals surface area contributed by atoms with Crippen molar-refractivity contribution in [3.63, 3.8) is 0 Å². The predicted molar refractivity (Wildman–Crippen MR) is 67.8 cm³/mol. The first-order chi connectivity index (χ1) is 8.65. The van der Waals surface area contributed by atoms with Crippen molar-refractivity contribution >= 4 is 11.8 Å². The third-order valence-corrected chi connectivity index (χ3v) is 3.21. The fourth-order valence-corrected chi connectivity index (χ4v) is 2.14. The lowest BCUT2D eigenvalue weighted by Gasteiger charge is -2.27. The Balaban J connectivity index is 2.21. The van der Waals surface area contributed by atoms with Gasteiger partial charge < -0.3 is 21.1 Å². The molecule has 4 N–H and O–H groups in total. The highest BCUT2D eigenvalue weighted by molar-refractivity contribution is 5.86. The zero-order chi connectivity index (χ0) is 13.4. The summed E-state index contributed by atoms with van der Waals surface area (Å²) >= 11 is 0. The molecule has 1 saturated carbocycles. The summed E-state index contributed by atoms with van der Waals surface area (Å²) in [6, 6.07) is -0.0738. The highest BCUT2D eigenvalue weighted by Crippen LogP contribution is 2.22. The van der Waals surface area contributed by atoms with E-state index < -0.39 is 0 Å². The third kappa shape index (κ3) is 5.01. The molecular weight excluding hydrogens is 234 g/mol. The lowest BCUT2D eigenvalue weighted by atomic mass is 9.84. The molecule has 2 atom stereocenters. The number of methoxy groups -OCH3 is 1. The second kappa shape index (κ2) is 8.05. The van der Waals surface area contributed by atoms with Crippen molar-refractivity contribution in [3.8, 4) is 0 Å². The van der Waals surface area contributed by atoms with Gasteiger partial charge in [0.05, 0.1) is 19.1 Å². The standard InChI is InChI=1S/C12H23N3O3/c1-18-7-6-14-11(16)8-15-12(17)9-4-2-3-5-10(9)13/h9-10H,2-8,13H2,1H3,(H,14,16)(H,15,17). The molecule has 18 heavy (non-hydrogen) atoms. The molecule has 6 nitrogen and oxygen atoms in total. The summed E-state index contributed by atoms with van der Waals surface area (Å²) in [6.45, 7) is 0.924. The highest BCUT2D eigenvalue weighted by Gasteiger charge is 2.28. The average Bonchev–Trinajstić information content (AvgIpc) is 2.37. The van der Waals surface area contributed by atoms with Crippen LogP contribution >= 0.6 is 0 Å². The zero-order valence-corrected chi connectivity index (χ0v) is 10.9. The van der Waals surface area contributed by atoms with Crippen LogP contribution in [0.3, 0.4) is 0 Å². The molecule has 0 aliphatic heterocycles. The second-order valence-electron chi connectivity index (χ2n) is 4.62. The molecule has 0 heterocycles. The predicted octanol–water partition coefficient (Wildman–Crippen LogP) is -0.617. The van der Waals surface area contributed by atoms with Gasteiger partial charge in [-0.1, -0.05) is 12.8 Å². The summed E-state index contributed by atoms with van der Waals surface area (Å²) in [4.78, 5) is 23.2. The molecule has 2 amide bonds. The largest absolute Gasteiger partial charge is 0.383 e. The van der Waals surface area contributed by atoms with Crippen molar-refractivity contribution in [2.45, 2.75) is 31.7 Å². The van der Waals surface area contributed by atoms with E-state index >= 15 is 0 Å². The average molecular weight is 257 g/mol. The Labute approximate surface area is 108 Å². The number of amides is 2. The molecule has 0 radical (unpaired) electrons. The SMILES string of the molecule is COCCNC(=O)CNC(=O)C1CCCCC1N. The number of rotatable bonds is 6. The van der Waals surface area contributed by atoms with Gasteiger partial charge in [-0.05, 0) is 12.8 Å². The van der Waals surface area contributed by atoms with Crippen LogP contribution in [0.25, 0.3) is 0 Å². The first-order valence-electron chi connectivity index (χ1n) is 6.44. The topological polar surface area (TPSA) is 93.5 Å². The maximum Gasteiger partial charge on any atom is 0.239 e. The van der Waals surface area contributed by atoms with Gasteiger partial charge in [-0.2, -0.15) is 0 Å². The maximum absolute atomic E-state index is 11.8. The van der Waals surface area contributed by atoms with Crippen molar-refractivity contribution in [2.24, 2.45) is 11.7 Å².